The summed E-state index contributed by atoms with van der Waals surface area (Å²) in [5.41, 5.74) is 1.35. The molecule has 0 aliphatic carbocycles. The molecule has 2 aromatic carbocycles. The lowest BCUT2D eigenvalue weighted by Crippen LogP contribution is -2.14. The van der Waals surface area contributed by atoms with Crippen molar-refractivity contribution < 1.29 is 12.8 Å². The number of nitrogens with two attached hydrogens (primary N) is 1. The number of primary sulfonamides is 1. The minimum atomic E-state index is -3.89. The van der Waals surface area contributed by atoms with Crippen LogP contribution in [0.4, 0.5) is 27.5 Å². The Morgan fingerprint density at radius 1 is 1.04 bits per heavy atom. The Morgan fingerprint density at radius 2 is 1.71 bits per heavy atom. The molecule has 0 spiro atoms. The summed E-state index contributed by atoms with van der Waals surface area (Å²) >= 11 is 11.8. The highest BCUT2D eigenvalue weighted by molar-refractivity contribution is 7.89. The van der Waals surface area contributed by atoms with Gasteiger partial charge < -0.3 is 10.6 Å². The van der Waals surface area contributed by atoms with E-state index in [9.17, 15) is 12.8 Å². The molecular weight excluding hydrogens is 428 g/mol. The highest BCUT2D eigenvalue weighted by Crippen LogP contribution is 2.28. The smallest absolute Gasteiger partial charge is 0.238 e. The lowest BCUT2D eigenvalue weighted by Gasteiger charge is -2.11. The van der Waals surface area contributed by atoms with Crippen LogP contribution in [0.15, 0.2) is 47.5 Å². The molecule has 0 bridgehead atoms. The van der Waals surface area contributed by atoms with Crippen molar-refractivity contribution in [2.45, 2.75) is 11.8 Å². The molecule has 0 amide bonds. The molecule has 0 aliphatic rings. The normalized spacial score (nSPS) is 11.3. The van der Waals surface area contributed by atoms with Crippen LogP contribution in [0, 0.1) is 12.7 Å². The van der Waals surface area contributed by atoms with Crippen molar-refractivity contribution in [1.82, 2.24) is 9.97 Å². The summed E-state index contributed by atoms with van der Waals surface area (Å²) in [4.78, 5) is 7.89. The number of nitrogens with one attached hydrogen (secondary N) is 2. The van der Waals surface area contributed by atoms with Crippen molar-refractivity contribution in [3.8, 4) is 0 Å². The maximum absolute atomic E-state index is 14.1. The first kappa shape index (κ1) is 20.3. The topological polar surface area (TPSA) is 110 Å². The number of hydrogen-bond donors (Lipinski definition) is 3. The third kappa shape index (κ3) is 4.68. The van der Waals surface area contributed by atoms with Crippen LogP contribution in [0.2, 0.25) is 10.0 Å². The molecule has 0 atom stereocenters. The van der Waals surface area contributed by atoms with E-state index in [0.717, 1.165) is 6.20 Å². The lowest BCUT2D eigenvalue weighted by atomic mass is 10.2. The summed E-state index contributed by atoms with van der Waals surface area (Å²) in [5.74, 6) is -0.742. The molecule has 0 fully saturated rings. The molecule has 3 rings (SSSR count). The zero-order valence-corrected chi connectivity index (χ0v) is 16.7. The van der Waals surface area contributed by atoms with E-state index in [0.29, 0.717) is 27.0 Å². The number of rotatable bonds is 5. The summed E-state index contributed by atoms with van der Waals surface area (Å²) in [6.45, 7) is 1.62. The van der Waals surface area contributed by atoms with E-state index >= 15 is 0 Å². The van der Waals surface area contributed by atoms with Gasteiger partial charge in [0, 0.05) is 11.4 Å². The number of anilines is 4. The highest BCUT2D eigenvalue weighted by atomic mass is 35.5. The monoisotopic (exact) mass is 441 g/mol. The van der Waals surface area contributed by atoms with Crippen molar-refractivity contribution in [2.24, 2.45) is 5.14 Å². The van der Waals surface area contributed by atoms with Gasteiger partial charge in [0.15, 0.2) is 11.6 Å². The average molecular weight is 442 g/mol. The van der Waals surface area contributed by atoms with Crippen molar-refractivity contribution >= 4 is 56.4 Å². The van der Waals surface area contributed by atoms with E-state index in [1.807, 2.05) is 0 Å². The first-order chi connectivity index (χ1) is 13.1. The first-order valence-corrected chi connectivity index (χ1v) is 10.1. The molecule has 4 N–H and O–H groups in total. The molecule has 3 aromatic rings. The van der Waals surface area contributed by atoms with Crippen LogP contribution in [0.25, 0.3) is 0 Å². The molecule has 1 heterocycles. The molecule has 0 aliphatic heterocycles. The Kier molecular flexibility index (Phi) is 5.71. The van der Waals surface area contributed by atoms with Gasteiger partial charge in [0.2, 0.25) is 16.0 Å². The molecule has 28 heavy (non-hydrogen) atoms. The van der Waals surface area contributed by atoms with Gasteiger partial charge in [-0.2, -0.15) is 4.98 Å². The van der Waals surface area contributed by atoms with Gasteiger partial charge >= 0.3 is 0 Å². The maximum Gasteiger partial charge on any atom is 0.238 e. The van der Waals surface area contributed by atoms with Crippen LogP contribution in [-0.4, -0.2) is 18.4 Å². The van der Waals surface area contributed by atoms with Crippen molar-refractivity contribution in [1.29, 1.82) is 0 Å². The molecule has 0 unspecified atom stereocenters. The van der Waals surface area contributed by atoms with Gasteiger partial charge in [0.05, 0.1) is 21.1 Å². The Morgan fingerprint density at radius 3 is 2.39 bits per heavy atom. The Hall–Kier alpha value is -2.46. The number of aryl methyl sites for hydroxylation is 1. The van der Waals surface area contributed by atoms with E-state index in [1.54, 1.807) is 31.2 Å². The van der Waals surface area contributed by atoms with E-state index in [-0.39, 0.29) is 16.7 Å². The zero-order chi connectivity index (χ0) is 20.5. The number of halogens is 3. The maximum atomic E-state index is 14.1. The van der Waals surface area contributed by atoms with Crippen LogP contribution in [0.3, 0.4) is 0 Å². The van der Waals surface area contributed by atoms with Gasteiger partial charge in [0.25, 0.3) is 0 Å². The Balaban J connectivity index is 1.88. The van der Waals surface area contributed by atoms with E-state index < -0.39 is 15.8 Å². The Bertz CT molecular complexity index is 1160. The molecule has 0 saturated carbocycles. The van der Waals surface area contributed by atoms with E-state index in [4.69, 9.17) is 28.3 Å². The van der Waals surface area contributed by atoms with Crippen molar-refractivity contribution in [3.63, 3.8) is 0 Å². The third-order valence-corrected chi connectivity index (χ3v) is 5.47. The lowest BCUT2D eigenvalue weighted by molar-refractivity contribution is 0.597. The molecular formula is C17H14Cl2FN5O2S. The highest BCUT2D eigenvalue weighted by Gasteiger charge is 2.13. The van der Waals surface area contributed by atoms with E-state index in [1.165, 1.54) is 12.1 Å². The zero-order valence-electron chi connectivity index (χ0n) is 14.4. The predicted molar refractivity (Wildman–Crippen MR) is 108 cm³/mol. The second-order valence-electron chi connectivity index (χ2n) is 5.79. The number of aromatic nitrogens is 2. The molecule has 1 aromatic heterocycles. The minimum Gasteiger partial charge on any atom is -0.338 e. The molecule has 7 nitrogen and oxygen atoms in total. The third-order valence-electron chi connectivity index (χ3n) is 3.68. The fraction of sp³-hybridized carbons (Fsp3) is 0.0588. The largest absolute Gasteiger partial charge is 0.338 e. The predicted octanol–water partition coefficient (Wildman–Crippen LogP) is 4.37. The second kappa shape index (κ2) is 7.88. The quantitative estimate of drug-likeness (QED) is 0.542. The molecule has 146 valence electrons. The Labute approximate surface area is 170 Å². The minimum absolute atomic E-state index is 0.0335. The van der Waals surface area contributed by atoms with Crippen LogP contribution in [0.5, 0.6) is 0 Å². The molecule has 0 saturated heterocycles. The van der Waals surface area contributed by atoms with Crippen LogP contribution < -0.4 is 15.8 Å². The van der Waals surface area contributed by atoms with Crippen molar-refractivity contribution in [3.05, 3.63) is 64.0 Å². The van der Waals surface area contributed by atoms with Crippen LogP contribution >= 0.6 is 23.2 Å². The summed E-state index contributed by atoms with van der Waals surface area (Å²) in [5, 5.41) is 11.5. The molecule has 0 radical (unpaired) electrons. The van der Waals surface area contributed by atoms with Gasteiger partial charge in [-0.3, -0.25) is 0 Å². The fourth-order valence-corrected chi connectivity index (χ4v) is 3.45. The number of sulfonamides is 1. The number of benzene rings is 2. The fourth-order valence-electron chi connectivity index (χ4n) is 2.34. The standard InChI is InChI=1S/C17H14Cl2FN5O2S/c1-9-2-3-11(7-15(9)28(21,26)27)24-17-22-8-14(20)16(25-17)23-10-4-5-12(18)13(19)6-10/h2-8H,1H3,(H2,21,26,27)(H2,22,23,24,25). The average Bonchev–Trinajstić information content (AvgIpc) is 2.62. The summed E-state index contributed by atoms with van der Waals surface area (Å²) in [7, 11) is -3.89. The number of hydrogen-bond acceptors (Lipinski definition) is 6. The van der Waals surface area contributed by atoms with Crippen molar-refractivity contribution in [2.75, 3.05) is 10.6 Å². The van der Waals surface area contributed by atoms with Crippen LogP contribution in [-0.2, 0) is 10.0 Å². The van der Waals surface area contributed by atoms with Gasteiger partial charge in [-0.1, -0.05) is 29.3 Å². The van der Waals surface area contributed by atoms with E-state index in [2.05, 4.69) is 20.6 Å². The van der Waals surface area contributed by atoms with Gasteiger partial charge in [-0.15, -0.1) is 0 Å². The van der Waals surface area contributed by atoms with Crippen LogP contribution in [0.1, 0.15) is 5.56 Å². The van der Waals surface area contributed by atoms with Gasteiger partial charge in [-0.05, 0) is 42.8 Å². The van der Waals surface area contributed by atoms with Gasteiger partial charge in [0.1, 0.15) is 0 Å². The van der Waals surface area contributed by atoms with Gasteiger partial charge in [-0.25, -0.2) is 22.9 Å². The SMILES string of the molecule is Cc1ccc(Nc2ncc(F)c(Nc3ccc(Cl)c(Cl)c3)n2)cc1S(N)(=O)=O. The summed E-state index contributed by atoms with van der Waals surface area (Å²) in [6.07, 6.45) is 0.976. The number of nitrogens with zero attached hydrogens (tertiary/aromatic N) is 2. The summed E-state index contributed by atoms with van der Waals surface area (Å²) < 4.78 is 37.4. The second-order valence-corrected chi connectivity index (χ2v) is 8.14. The summed E-state index contributed by atoms with van der Waals surface area (Å²) in [6, 6.07) is 9.26. The first-order valence-electron chi connectivity index (χ1n) is 7.78. The molecule has 11 heteroatoms.